The van der Waals surface area contributed by atoms with Gasteiger partial charge in [-0.25, -0.2) is 8.42 Å². The van der Waals surface area contributed by atoms with Gasteiger partial charge in [-0.15, -0.1) is 0 Å². The van der Waals surface area contributed by atoms with Gasteiger partial charge in [-0.2, -0.15) is 8.42 Å². The van der Waals surface area contributed by atoms with Gasteiger partial charge in [0.2, 0.25) is 0 Å². The van der Waals surface area contributed by atoms with Gasteiger partial charge in [0.25, 0.3) is 0 Å². The third-order valence-electron chi connectivity index (χ3n) is 10.2. The Morgan fingerprint density at radius 1 is 0.655 bits per heavy atom. The maximum Gasteiger partial charge on any atom is 1.00 e. The molecule has 0 amide bonds. The van der Waals surface area contributed by atoms with Crippen molar-refractivity contribution in [3.05, 3.63) is 145 Å². The molecule has 0 unspecified atom stereocenters. The zero-order chi connectivity index (χ0) is 42.3. The number of nitrogens with one attached hydrogen (secondary N) is 2. The van der Waals surface area contributed by atoms with E-state index >= 15 is 0 Å². The summed E-state index contributed by atoms with van der Waals surface area (Å²) < 4.78 is 72.3. The van der Waals surface area contributed by atoms with Crippen molar-refractivity contribution in [3.63, 3.8) is 0 Å². The average molecular weight is 834 g/mol. The van der Waals surface area contributed by atoms with E-state index < -0.39 is 30.0 Å². The van der Waals surface area contributed by atoms with Crippen molar-refractivity contribution in [2.24, 2.45) is 11.5 Å². The van der Waals surface area contributed by atoms with Gasteiger partial charge >= 0.3 is 39.7 Å². The van der Waals surface area contributed by atoms with Crippen LogP contribution in [0, 0.1) is 47.5 Å². The van der Waals surface area contributed by atoms with Crippen molar-refractivity contribution in [3.8, 4) is 0 Å². The molecule has 5 aromatic rings. The predicted molar refractivity (Wildman–Crippen MR) is 221 cm³/mol. The molecule has 0 saturated carbocycles. The molecule has 5 aromatic carbocycles. The van der Waals surface area contributed by atoms with E-state index in [1.165, 1.54) is 13.8 Å². The van der Waals surface area contributed by atoms with E-state index in [4.69, 9.17) is 11.5 Å². The molecule has 12 nitrogen and oxygen atoms in total. The summed E-state index contributed by atoms with van der Waals surface area (Å²) in [5.41, 5.74) is 23.5. The first-order valence-electron chi connectivity index (χ1n) is 18.0. The molecule has 0 heterocycles. The van der Waals surface area contributed by atoms with E-state index in [9.17, 15) is 35.5 Å². The summed E-state index contributed by atoms with van der Waals surface area (Å²) in [7, 11) is -10.2. The number of hydrogen-bond acceptors (Lipinski definition) is 11. The number of hydrogen-bond donors (Lipinski definition) is 5. The normalized spacial score (nSPS) is 11.5. The van der Waals surface area contributed by atoms with E-state index in [0.29, 0.717) is 50.8 Å². The molecule has 0 saturated heterocycles. The van der Waals surface area contributed by atoms with Gasteiger partial charge < -0.3 is 26.7 Å². The topological polar surface area (TPSA) is 222 Å². The number of carbonyl (C=O) groups is 2. The largest absolute Gasteiger partial charge is 1.00 e. The molecule has 5 rings (SSSR count). The Bertz CT molecular complexity index is 2570. The number of rotatable bonds is 13. The van der Waals surface area contributed by atoms with Gasteiger partial charge in [0, 0.05) is 52.8 Å². The number of anilines is 4. The number of nitrogens with two attached hydrogens (primary N) is 2. The van der Waals surface area contributed by atoms with Crippen LogP contribution < -0.4 is 51.7 Å². The Kier molecular flexibility index (Phi) is 14.3. The van der Waals surface area contributed by atoms with Gasteiger partial charge in [-0.1, -0.05) is 12.1 Å². The Hall–Kier alpha value is -4.35. The molecule has 0 bridgehead atoms. The summed E-state index contributed by atoms with van der Waals surface area (Å²) in [5.74, 6) is 0.105. The smallest absolute Gasteiger partial charge is 0.744 e. The van der Waals surface area contributed by atoms with Crippen molar-refractivity contribution in [1.29, 1.82) is 0 Å². The molecule has 0 radical (unpaired) electrons. The molecule has 0 spiro atoms. The van der Waals surface area contributed by atoms with Gasteiger partial charge in [0.05, 0.1) is 38.9 Å². The van der Waals surface area contributed by atoms with Gasteiger partial charge in [0.15, 0.2) is 11.6 Å². The maximum atomic E-state index is 12.9. The van der Waals surface area contributed by atoms with E-state index in [1.807, 2.05) is 53.7 Å². The van der Waals surface area contributed by atoms with Crippen LogP contribution in [0.15, 0.2) is 76.5 Å². The Labute approximate surface area is 362 Å². The van der Waals surface area contributed by atoms with Gasteiger partial charge in [0.1, 0.15) is 15.0 Å². The molecule has 0 aliphatic heterocycles. The van der Waals surface area contributed by atoms with Crippen LogP contribution in [0.4, 0.5) is 22.7 Å². The molecule has 0 aliphatic rings. The quantitative estimate of drug-likeness (QED) is 0.0364. The molecule has 0 aliphatic carbocycles. The second kappa shape index (κ2) is 17.9. The summed E-state index contributed by atoms with van der Waals surface area (Å²) in [6, 6.07) is 17.0. The Morgan fingerprint density at radius 2 is 1.07 bits per heavy atom. The number of carbonyl (C=O) groups excluding carboxylic acids is 2. The Morgan fingerprint density at radius 3 is 1.41 bits per heavy atom. The molecule has 0 aromatic heterocycles. The van der Waals surface area contributed by atoms with E-state index in [-0.39, 0.29) is 65.7 Å². The SMILES string of the molecule is CC(=O)c1c(C)cc(C)c(Nc2ccc([C+](c3ccc(Nc4c(C)cc(C)c(C(C)=O)c4C)c(CN)c3)c3ccc(S(=O)(=O)[O-])cc3S(=O)(=O)O)cc2CN)c1C.[Na+]. The molecule has 298 valence electrons. The summed E-state index contributed by atoms with van der Waals surface area (Å²) >= 11 is 0. The average Bonchev–Trinajstić information content (AvgIpc) is 3.11. The number of benzene rings is 5. The van der Waals surface area contributed by atoms with Crippen LogP contribution in [-0.2, 0) is 33.3 Å². The molecule has 58 heavy (non-hydrogen) atoms. The molecule has 15 heteroatoms. The standard InChI is InChI=1S/C43H46N4O8S2.Na/c1-22-15-24(3)42(26(5)39(22)28(7)48)46-36-13-9-30(17-32(36)20-44)41(35-12-11-34(56(50,51)52)19-38(35)57(53,54)55)31-10-14-37(33(18-31)21-45)47-43-25(4)16-23(2)40(27(43)6)29(8)49;/h9-19,46-47H,20-21,44-45H2,1-8H3,(H-,50,51,52,53,54,55);/q;+1. The van der Waals surface area contributed by atoms with Crippen LogP contribution in [0.5, 0.6) is 0 Å². The third kappa shape index (κ3) is 9.41. The van der Waals surface area contributed by atoms with Crippen LogP contribution in [0.1, 0.15) is 95.8 Å². The molecular formula is C43H46N4NaO8S2+. The predicted octanol–water partition coefficient (Wildman–Crippen LogP) is 4.52. The van der Waals surface area contributed by atoms with Crippen molar-refractivity contribution in [2.45, 2.75) is 78.3 Å². The first-order chi connectivity index (χ1) is 26.6. The first-order valence-corrected chi connectivity index (χ1v) is 20.8. The second-order valence-corrected chi connectivity index (χ2v) is 17.0. The van der Waals surface area contributed by atoms with Gasteiger partial charge in [-0.05, 0) is 137 Å². The second-order valence-electron chi connectivity index (χ2n) is 14.2. The first kappa shape index (κ1) is 46.3. The fraction of sp³-hybridized carbons (Fsp3) is 0.233. The minimum atomic E-state index is -5.11. The summed E-state index contributed by atoms with van der Waals surface area (Å²) in [6.45, 7) is 14.4. The number of Topliss-reactive ketones (excluding diaryl/α,β-unsaturated/α-hetero) is 2. The van der Waals surface area contributed by atoms with Gasteiger partial charge in [-0.3, -0.25) is 14.1 Å². The molecule has 0 fully saturated rings. The van der Waals surface area contributed by atoms with Crippen molar-refractivity contribution in [2.75, 3.05) is 10.6 Å². The monoisotopic (exact) mass is 833 g/mol. The van der Waals surface area contributed by atoms with E-state index in [2.05, 4.69) is 10.6 Å². The van der Waals surface area contributed by atoms with Crippen LogP contribution in [0.2, 0.25) is 0 Å². The number of ketones is 2. The molecule has 7 N–H and O–H groups in total. The Balaban J connectivity index is 0.00000744. The zero-order valence-corrected chi connectivity index (χ0v) is 37.7. The minimum absolute atomic E-state index is 0. The summed E-state index contributed by atoms with van der Waals surface area (Å²) in [5, 5.41) is 6.87. The van der Waals surface area contributed by atoms with Crippen LogP contribution in [-0.4, -0.2) is 37.5 Å². The van der Waals surface area contributed by atoms with Crippen molar-refractivity contribution in [1.82, 2.24) is 0 Å². The van der Waals surface area contributed by atoms with Crippen LogP contribution in [0.25, 0.3) is 0 Å². The fourth-order valence-electron chi connectivity index (χ4n) is 7.74. The summed E-state index contributed by atoms with van der Waals surface area (Å²) in [4.78, 5) is 23.4. The minimum Gasteiger partial charge on any atom is -0.744 e. The zero-order valence-electron chi connectivity index (χ0n) is 34.0. The van der Waals surface area contributed by atoms with Crippen LogP contribution >= 0.6 is 0 Å². The number of aryl methyl sites for hydroxylation is 4. The van der Waals surface area contributed by atoms with Crippen LogP contribution in [0.3, 0.4) is 0 Å². The third-order valence-corrected chi connectivity index (χ3v) is 11.9. The molecular weight excluding hydrogens is 788 g/mol. The fourth-order valence-corrected chi connectivity index (χ4v) is 9.04. The molecule has 0 atom stereocenters. The van der Waals surface area contributed by atoms with Crippen molar-refractivity contribution < 1.29 is 65.1 Å². The maximum absolute atomic E-state index is 12.9. The van der Waals surface area contributed by atoms with Crippen molar-refractivity contribution >= 4 is 54.6 Å². The van der Waals surface area contributed by atoms with E-state index in [0.717, 1.165) is 56.9 Å². The van der Waals surface area contributed by atoms with E-state index in [1.54, 1.807) is 36.4 Å². The summed E-state index contributed by atoms with van der Waals surface area (Å²) in [6.07, 6.45) is 0.